The molecular weight excluding hydrogens is 390 g/mol. The van der Waals surface area contributed by atoms with Crippen LogP contribution in [0.1, 0.15) is 74.1 Å². The van der Waals surface area contributed by atoms with Crippen LogP contribution in [0, 0.1) is 11.8 Å². The summed E-state index contributed by atoms with van der Waals surface area (Å²) in [6.45, 7) is 6.78. The molecule has 0 spiro atoms. The average Bonchev–Trinajstić information content (AvgIpc) is 2.66. The first-order chi connectivity index (χ1) is 14.1. The van der Waals surface area contributed by atoms with Crippen molar-refractivity contribution in [2.75, 3.05) is 5.32 Å². The van der Waals surface area contributed by atoms with Gasteiger partial charge in [-0.1, -0.05) is 12.8 Å². The lowest BCUT2D eigenvalue weighted by atomic mass is 9.78. The van der Waals surface area contributed by atoms with E-state index < -0.39 is 35.7 Å². The van der Waals surface area contributed by atoms with Gasteiger partial charge in [0.25, 0.3) is 0 Å². The van der Waals surface area contributed by atoms with Crippen molar-refractivity contribution in [2.24, 2.45) is 11.8 Å². The summed E-state index contributed by atoms with van der Waals surface area (Å²) in [5.74, 6) is -4.62. The zero-order chi connectivity index (χ0) is 22.4. The minimum Gasteiger partial charge on any atom is -0.550 e. The maximum Gasteiger partial charge on any atom is 0.338 e. The molecule has 164 valence electrons. The summed E-state index contributed by atoms with van der Waals surface area (Å²) in [4.78, 5) is 48.9. The molecule has 2 unspecified atom stereocenters. The summed E-state index contributed by atoms with van der Waals surface area (Å²) in [6, 6.07) is 4.13. The molecule has 1 aromatic rings. The molecule has 1 saturated carbocycles. The lowest BCUT2D eigenvalue weighted by molar-refractivity contribution is -0.313. The van der Waals surface area contributed by atoms with Crippen molar-refractivity contribution in [1.29, 1.82) is 0 Å². The number of carbonyl (C=O) groups excluding carboxylic acids is 4. The molecule has 2 rings (SSSR count). The normalized spacial score (nSPS) is 18.7. The molecule has 30 heavy (non-hydrogen) atoms. The van der Waals surface area contributed by atoms with Crippen LogP contribution >= 0.6 is 0 Å². The fourth-order valence-corrected chi connectivity index (χ4v) is 3.46. The number of benzene rings is 1. The Morgan fingerprint density at radius 1 is 0.867 bits per heavy atom. The lowest BCUT2D eigenvalue weighted by Crippen LogP contribution is -2.42. The maximum atomic E-state index is 12.8. The first kappa shape index (κ1) is 23.4. The van der Waals surface area contributed by atoms with Gasteiger partial charge in [0.2, 0.25) is 5.91 Å². The number of aliphatic carboxylic acids is 1. The minimum atomic E-state index is -1.25. The van der Waals surface area contributed by atoms with Gasteiger partial charge in [-0.05, 0) is 58.7 Å². The monoisotopic (exact) mass is 418 g/mol. The molecule has 0 aromatic heterocycles. The van der Waals surface area contributed by atoms with Crippen molar-refractivity contribution in [2.45, 2.75) is 65.6 Å². The van der Waals surface area contributed by atoms with Crippen LogP contribution in [0.25, 0.3) is 0 Å². The molecule has 1 aromatic carbocycles. The van der Waals surface area contributed by atoms with Gasteiger partial charge in [0.1, 0.15) is 0 Å². The van der Waals surface area contributed by atoms with Gasteiger partial charge in [0.15, 0.2) is 0 Å². The predicted molar refractivity (Wildman–Crippen MR) is 107 cm³/mol. The Morgan fingerprint density at radius 2 is 1.33 bits per heavy atom. The van der Waals surface area contributed by atoms with Gasteiger partial charge in [-0.3, -0.25) is 4.79 Å². The highest BCUT2D eigenvalue weighted by molar-refractivity contribution is 6.00. The van der Waals surface area contributed by atoms with Gasteiger partial charge in [-0.2, -0.15) is 0 Å². The fourth-order valence-electron chi connectivity index (χ4n) is 3.46. The van der Waals surface area contributed by atoms with Gasteiger partial charge < -0.3 is 24.7 Å². The molecule has 1 aliphatic rings. The van der Waals surface area contributed by atoms with Crippen LogP contribution in [-0.2, 0) is 19.1 Å². The maximum absolute atomic E-state index is 12.8. The number of nitrogens with one attached hydrogen (secondary N) is 1. The minimum absolute atomic E-state index is 0.0808. The Labute approximate surface area is 175 Å². The standard InChI is InChI=1S/C22H29NO7/c1-12(2)29-21(27)14-9-15(22(28)30-13(3)4)11-16(10-14)23-19(24)17-7-5-6-8-18(17)20(25)26/h9-13,17-18H,5-8H2,1-4H3,(H,23,24)(H,25,26)/p-1. The summed E-state index contributed by atoms with van der Waals surface area (Å²) < 4.78 is 10.4. The van der Waals surface area contributed by atoms with E-state index in [0.717, 1.165) is 12.8 Å². The molecule has 1 amide bonds. The number of esters is 2. The van der Waals surface area contributed by atoms with Gasteiger partial charge in [0.05, 0.1) is 23.3 Å². The van der Waals surface area contributed by atoms with Crippen molar-refractivity contribution >= 4 is 29.5 Å². The SMILES string of the molecule is CC(C)OC(=O)c1cc(NC(=O)C2CCCCC2C(=O)[O-])cc(C(=O)OC(C)C)c1. The quantitative estimate of drug-likeness (QED) is 0.674. The molecule has 0 radical (unpaired) electrons. The zero-order valence-electron chi connectivity index (χ0n) is 17.7. The first-order valence-corrected chi connectivity index (χ1v) is 10.2. The van der Waals surface area contributed by atoms with Crippen LogP contribution in [0.2, 0.25) is 0 Å². The molecular formula is C22H28NO7-. The predicted octanol–water partition coefficient (Wildman–Crippen LogP) is 2.31. The summed E-state index contributed by atoms with van der Waals surface area (Å²) >= 11 is 0. The lowest BCUT2D eigenvalue weighted by Gasteiger charge is -2.31. The number of amides is 1. The van der Waals surface area contributed by atoms with E-state index in [2.05, 4.69) is 5.32 Å². The Morgan fingerprint density at radius 3 is 1.77 bits per heavy atom. The smallest absolute Gasteiger partial charge is 0.338 e. The van der Waals surface area contributed by atoms with Gasteiger partial charge in [-0.15, -0.1) is 0 Å². The summed E-state index contributed by atoms with van der Waals surface area (Å²) in [6.07, 6.45) is 1.55. The van der Waals surface area contributed by atoms with Crippen LogP contribution in [0.15, 0.2) is 18.2 Å². The van der Waals surface area contributed by atoms with Gasteiger partial charge in [0, 0.05) is 23.5 Å². The number of carboxylic acids is 1. The van der Waals surface area contributed by atoms with Crippen LogP contribution in [-0.4, -0.2) is 36.0 Å². The van der Waals surface area contributed by atoms with Gasteiger partial charge >= 0.3 is 11.9 Å². The topological polar surface area (TPSA) is 122 Å². The molecule has 8 heteroatoms. The number of anilines is 1. The highest BCUT2D eigenvalue weighted by Crippen LogP contribution is 2.31. The third kappa shape index (κ3) is 6.30. The van der Waals surface area contributed by atoms with Crippen molar-refractivity contribution < 1.29 is 33.8 Å². The molecule has 2 atom stereocenters. The zero-order valence-corrected chi connectivity index (χ0v) is 17.7. The second-order valence-electron chi connectivity index (χ2n) is 8.01. The number of ether oxygens (including phenoxy) is 2. The second kappa shape index (κ2) is 10.2. The number of hydrogen-bond donors (Lipinski definition) is 1. The van der Waals surface area contributed by atoms with Gasteiger partial charge in [-0.25, -0.2) is 9.59 Å². The Kier molecular flexibility index (Phi) is 7.97. The molecule has 1 N–H and O–H groups in total. The van der Waals surface area contributed by atoms with Crippen molar-refractivity contribution in [3.63, 3.8) is 0 Å². The molecule has 8 nitrogen and oxygen atoms in total. The highest BCUT2D eigenvalue weighted by Gasteiger charge is 2.32. The molecule has 0 aliphatic heterocycles. The van der Waals surface area contributed by atoms with Crippen LogP contribution in [0.4, 0.5) is 5.69 Å². The second-order valence-corrected chi connectivity index (χ2v) is 8.01. The third-order valence-electron chi connectivity index (χ3n) is 4.76. The van der Waals surface area contributed by atoms with Crippen LogP contribution in [0.3, 0.4) is 0 Å². The molecule has 0 bridgehead atoms. The number of carbonyl (C=O) groups is 4. The van der Waals surface area contributed by atoms with E-state index in [1.54, 1.807) is 27.7 Å². The number of hydrogen-bond acceptors (Lipinski definition) is 7. The van der Waals surface area contributed by atoms with Crippen molar-refractivity contribution in [1.82, 2.24) is 0 Å². The molecule has 1 aliphatic carbocycles. The van der Waals surface area contributed by atoms with Crippen LogP contribution in [0.5, 0.6) is 0 Å². The summed E-state index contributed by atoms with van der Waals surface area (Å²) in [7, 11) is 0. The van der Waals surface area contributed by atoms with E-state index in [1.165, 1.54) is 18.2 Å². The van der Waals surface area contributed by atoms with E-state index in [9.17, 15) is 24.3 Å². The first-order valence-electron chi connectivity index (χ1n) is 10.2. The van der Waals surface area contributed by atoms with E-state index in [0.29, 0.717) is 12.8 Å². The Hall–Kier alpha value is -2.90. The van der Waals surface area contributed by atoms with Crippen molar-refractivity contribution in [3.8, 4) is 0 Å². The van der Waals surface area contributed by atoms with E-state index in [-0.39, 0.29) is 29.0 Å². The Bertz CT molecular complexity index is 775. The number of rotatable bonds is 7. The molecule has 0 saturated heterocycles. The van der Waals surface area contributed by atoms with Crippen molar-refractivity contribution in [3.05, 3.63) is 29.3 Å². The largest absolute Gasteiger partial charge is 0.550 e. The van der Waals surface area contributed by atoms with E-state index in [4.69, 9.17) is 9.47 Å². The fraction of sp³-hybridized carbons (Fsp3) is 0.545. The van der Waals surface area contributed by atoms with E-state index >= 15 is 0 Å². The van der Waals surface area contributed by atoms with Crippen LogP contribution < -0.4 is 10.4 Å². The summed E-state index contributed by atoms with van der Waals surface area (Å²) in [5.41, 5.74) is 0.353. The molecule has 0 heterocycles. The highest BCUT2D eigenvalue weighted by atomic mass is 16.5. The van der Waals surface area contributed by atoms with E-state index in [1.807, 2.05) is 0 Å². The third-order valence-corrected chi connectivity index (χ3v) is 4.76. The average molecular weight is 418 g/mol. The number of carboxylic acid groups (broad SMARTS) is 1. The summed E-state index contributed by atoms with van der Waals surface area (Å²) in [5, 5.41) is 14.0. The molecule has 1 fully saturated rings. The Balaban J connectivity index is 2.32.